The van der Waals surface area contributed by atoms with Crippen LogP contribution in [0.1, 0.15) is 6.42 Å². The number of carbonyl (C=O) groups excluding carboxylic acids is 3. The molecule has 4 amide bonds. The molecule has 0 aromatic heterocycles. The highest BCUT2D eigenvalue weighted by Crippen LogP contribution is 2.13. The zero-order valence-electron chi connectivity index (χ0n) is 5.73. The van der Waals surface area contributed by atoms with Crippen molar-refractivity contribution in [2.24, 2.45) is 0 Å². The third-order valence-corrected chi connectivity index (χ3v) is 1.73. The first-order valence-electron chi connectivity index (χ1n) is 2.88. The van der Waals surface area contributed by atoms with Gasteiger partial charge in [0.25, 0.3) is 5.91 Å². The summed E-state index contributed by atoms with van der Waals surface area (Å²) in [6, 6.07) is -0.859. The van der Waals surface area contributed by atoms with Crippen LogP contribution in [0, 0.1) is 10.7 Å². The molecule has 12 heavy (non-hydrogen) atoms. The molecule has 1 saturated heterocycles. The predicted octanol–water partition coefficient (Wildman–Crippen LogP) is -0.416. The summed E-state index contributed by atoms with van der Waals surface area (Å²) in [6.07, 6.45) is -0.388. The van der Waals surface area contributed by atoms with Crippen LogP contribution < -0.4 is 5.32 Å². The minimum atomic E-state index is -0.859. The summed E-state index contributed by atoms with van der Waals surface area (Å²) in [5, 5.41) is 11.6. The van der Waals surface area contributed by atoms with E-state index in [0.29, 0.717) is 16.3 Å². The van der Waals surface area contributed by atoms with Crippen LogP contribution in [0.2, 0.25) is 0 Å². The van der Waals surface area contributed by atoms with E-state index in [2.05, 4.69) is 0 Å². The zero-order chi connectivity index (χ0) is 9.14. The molecular formula is C5H3N3O3S. The largest absolute Gasteiger partial charge is 0.341 e. The topological polar surface area (TPSA) is 90.3 Å². The maximum Gasteiger partial charge on any atom is 0.341 e. The van der Waals surface area contributed by atoms with Gasteiger partial charge in [-0.15, -0.1) is 0 Å². The third-order valence-electron chi connectivity index (χ3n) is 1.10. The maximum absolute atomic E-state index is 10.9. The fourth-order valence-corrected chi connectivity index (χ4v) is 1.05. The van der Waals surface area contributed by atoms with Gasteiger partial charge in [0.1, 0.15) is 6.42 Å². The average Bonchev–Trinajstić information content (AvgIpc) is 1.96. The Balaban J connectivity index is 2.75. The molecule has 1 fully saturated rings. The van der Waals surface area contributed by atoms with E-state index in [1.807, 2.05) is 5.32 Å². The molecule has 0 aromatic rings. The lowest BCUT2D eigenvalue weighted by Crippen LogP contribution is -2.49. The first-order chi connectivity index (χ1) is 5.65. The maximum atomic E-state index is 10.9. The molecule has 0 bridgehead atoms. The number of nitriles is 1. The number of nitrogens with zero attached hydrogens (tertiary/aromatic N) is 2. The Bertz CT molecular complexity index is 275. The van der Waals surface area contributed by atoms with Crippen LogP contribution in [0.15, 0.2) is 0 Å². The Morgan fingerprint density at radius 1 is 1.50 bits per heavy atom. The second-order valence-electron chi connectivity index (χ2n) is 1.90. The molecule has 0 spiro atoms. The number of barbiturate groups is 1. The number of thiocyanates is 1. The van der Waals surface area contributed by atoms with Crippen LogP contribution in [0.5, 0.6) is 0 Å². The normalized spacial score (nSPS) is 17.2. The molecule has 1 aliphatic heterocycles. The molecule has 7 heteroatoms. The summed E-state index contributed by atoms with van der Waals surface area (Å²) >= 11 is 0.396. The Kier molecular flexibility index (Phi) is 2.30. The lowest BCUT2D eigenvalue weighted by molar-refractivity contribution is -0.132. The van der Waals surface area contributed by atoms with Gasteiger partial charge in [0.2, 0.25) is 5.91 Å². The molecule has 0 aromatic carbocycles. The van der Waals surface area contributed by atoms with Gasteiger partial charge < -0.3 is 0 Å². The second-order valence-corrected chi connectivity index (χ2v) is 2.63. The van der Waals surface area contributed by atoms with E-state index >= 15 is 0 Å². The third kappa shape index (κ3) is 1.54. The molecule has 1 heterocycles. The van der Waals surface area contributed by atoms with Gasteiger partial charge in [-0.3, -0.25) is 14.9 Å². The SMILES string of the molecule is N#CSN1C(=O)CC(=O)NC1=O. The Morgan fingerprint density at radius 2 is 2.17 bits per heavy atom. The van der Waals surface area contributed by atoms with E-state index in [-0.39, 0.29) is 6.42 Å². The monoisotopic (exact) mass is 185 g/mol. The highest BCUT2D eigenvalue weighted by Gasteiger charge is 2.31. The number of hydrogen-bond acceptors (Lipinski definition) is 5. The van der Waals surface area contributed by atoms with Gasteiger partial charge in [-0.05, 0) is 0 Å². The van der Waals surface area contributed by atoms with Crippen molar-refractivity contribution in [3.63, 3.8) is 0 Å². The lowest BCUT2D eigenvalue weighted by Gasteiger charge is -2.19. The van der Waals surface area contributed by atoms with Crippen molar-refractivity contribution in [1.82, 2.24) is 9.62 Å². The summed E-state index contributed by atoms with van der Waals surface area (Å²) in [5.41, 5.74) is 0. The minimum absolute atomic E-state index is 0.388. The number of rotatable bonds is 1. The summed E-state index contributed by atoms with van der Waals surface area (Å²) in [7, 11) is 0. The summed E-state index contributed by atoms with van der Waals surface area (Å²) < 4.78 is 0.612. The van der Waals surface area contributed by atoms with E-state index < -0.39 is 17.8 Å². The van der Waals surface area contributed by atoms with Gasteiger partial charge in [0.05, 0.1) is 11.9 Å². The molecule has 0 radical (unpaired) electrons. The molecule has 1 rings (SSSR count). The molecule has 0 unspecified atom stereocenters. The fraction of sp³-hybridized carbons (Fsp3) is 0.200. The average molecular weight is 185 g/mol. The van der Waals surface area contributed by atoms with Crippen LogP contribution in [0.3, 0.4) is 0 Å². The Hall–Kier alpha value is -1.55. The van der Waals surface area contributed by atoms with Crippen molar-refractivity contribution in [1.29, 1.82) is 5.26 Å². The minimum Gasteiger partial charge on any atom is -0.276 e. The smallest absolute Gasteiger partial charge is 0.276 e. The number of nitrogens with one attached hydrogen (secondary N) is 1. The first-order valence-corrected chi connectivity index (χ1v) is 3.65. The van der Waals surface area contributed by atoms with E-state index in [1.54, 1.807) is 5.40 Å². The van der Waals surface area contributed by atoms with E-state index in [1.165, 1.54) is 0 Å². The summed E-state index contributed by atoms with van der Waals surface area (Å²) in [5.74, 6) is -1.31. The van der Waals surface area contributed by atoms with Crippen LogP contribution in [0.25, 0.3) is 0 Å². The van der Waals surface area contributed by atoms with Gasteiger partial charge in [-0.2, -0.15) is 9.57 Å². The first kappa shape index (κ1) is 8.55. The highest BCUT2D eigenvalue weighted by molar-refractivity contribution is 8.02. The molecule has 62 valence electrons. The number of hydrogen-bond donors (Lipinski definition) is 1. The summed E-state index contributed by atoms with van der Waals surface area (Å²) in [4.78, 5) is 32.2. The number of urea groups is 1. The van der Waals surface area contributed by atoms with E-state index in [9.17, 15) is 14.4 Å². The van der Waals surface area contributed by atoms with Crippen molar-refractivity contribution in [3.8, 4) is 5.40 Å². The van der Waals surface area contributed by atoms with Crippen LogP contribution >= 0.6 is 11.9 Å². The van der Waals surface area contributed by atoms with Crippen LogP contribution in [0.4, 0.5) is 4.79 Å². The van der Waals surface area contributed by atoms with Crippen molar-refractivity contribution >= 4 is 29.8 Å². The van der Waals surface area contributed by atoms with Gasteiger partial charge >= 0.3 is 6.03 Å². The van der Waals surface area contributed by atoms with Crippen LogP contribution in [-0.4, -0.2) is 22.2 Å². The van der Waals surface area contributed by atoms with Crippen molar-refractivity contribution < 1.29 is 14.4 Å². The molecule has 0 aliphatic carbocycles. The fourth-order valence-electron chi connectivity index (χ4n) is 0.670. The number of amides is 4. The van der Waals surface area contributed by atoms with Gasteiger partial charge in [-0.25, -0.2) is 4.79 Å². The molecular weight excluding hydrogens is 182 g/mol. The Morgan fingerprint density at radius 3 is 2.67 bits per heavy atom. The Labute approximate surface area is 71.6 Å². The second kappa shape index (κ2) is 3.23. The quantitative estimate of drug-likeness (QED) is 0.340. The summed E-state index contributed by atoms with van der Waals surface area (Å²) in [6.45, 7) is 0. The van der Waals surface area contributed by atoms with E-state index in [4.69, 9.17) is 5.26 Å². The molecule has 0 atom stereocenters. The van der Waals surface area contributed by atoms with Gasteiger partial charge in [-0.1, -0.05) is 0 Å². The standard InChI is InChI=1S/C5H3N3O3S/c6-2-12-8-4(10)1-3(9)7-5(8)11/h1H2,(H,7,9,11). The lowest BCUT2D eigenvalue weighted by atomic mass is 10.3. The van der Waals surface area contributed by atoms with Gasteiger partial charge in [0, 0.05) is 0 Å². The predicted molar refractivity (Wildman–Crippen MR) is 38.2 cm³/mol. The number of carbonyl (C=O) groups is 3. The highest BCUT2D eigenvalue weighted by atomic mass is 32.2. The zero-order valence-corrected chi connectivity index (χ0v) is 6.55. The molecule has 0 saturated carbocycles. The van der Waals surface area contributed by atoms with Crippen LogP contribution in [-0.2, 0) is 9.59 Å². The molecule has 1 aliphatic rings. The van der Waals surface area contributed by atoms with Crippen molar-refractivity contribution in [2.45, 2.75) is 6.42 Å². The van der Waals surface area contributed by atoms with Crippen molar-refractivity contribution in [2.75, 3.05) is 0 Å². The number of imide groups is 2. The molecule has 1 N–H and O–H groups in total. The molecule has 6 nitrogen and oxygen atoms in total. The van der Waals surface area contributed by atoms with Gasteiger partial charge in [0.15, 0.2) is 5.40 Å². The van der Waals surface area contributed by atoms with E-state index in [0.717, 1.165) is 0 Å². The van der Waals surface area contributed by atoms with Crippen molar-refractivity contribution in [3.05, 3.63) is 0 Å².